The number of ether oxygens (including phenoxy) is 1. The molecule has 0 bridgehead atoms. The zero-order valence-corrected chi connectivity index (χ0v) is 13.6. The fourth-order valence-corrected chi connectivity index (χ4v) is 2.78. The van der Waals surface area contributed by atoms with E-state index in [4.69, 9.17) is 16.3 Å². The topological polar surface area (TPSA) is 63.7 Å². The van der Waals surface area contributed by atoms with E-state index in [0.717, 1.165) is 10.5 Å². The Balaban J connectivity index is 1.70. The molecule has 0 aliphatic carbocycles. The second kappa shape index (κ2) is 6.45. The van der Waals surface area contributed by atoms with Gasteiger partial charge in [0.25, 0.3) is 11.8 Å². The first kappa shape index (κ1) is 16.2. The van der Waals surface area contributed by atoms with E-state index in [9.17, 15) is 14.4 Å². The van der Waals surface area contributed by atoms with Crippen LogP contribution in [-0.4, -0.2) is 28.7 Å². The smallest absolute Gasteiger partial charge is 0.329 e. The van der Waals surface area contributed by atoms with Crippen LogP contribution in [0, 0.1) is 0 Å². The maximum absolute atomic E-state index is 12.4. The molecule has 3 rings (SSSR count). The van der Waals surface area contributed by atoms with Gasteiger partial charge in [-0.1, -0.05) is 35.9 Å². The van der Waals surface area contributed by atoms with Gasteiger partial charge in [-0.05, 0) is 36.8 Å². The number of fused-ring (bicyclic) bond motifs is 1. The van der Waals surface area contributed by atoms with E-state index in [1.54, 1.807) is 48.5 Å². The summed E-state index contributed by atoms with van der Waals surface area (Å²) in [5.74, 6) is -1.62. The number of hydrogen-bond donors (Lipinski definition) is 0. The molecule has 1 aliphatic heterocycles. The van der Waals surface area contributed by atoms with Gasteiger partial charge in [0.1, 0.15) is 12.6 Å². The number of nitrogens with zero attached hydrogens (tertiary/aromatic N) is 1. The lowest BCUT2D eigenvalue weighted by Crippen LogP contribution is -2.43. The number of hydrogen-bond acceptors (Lipinski definition) is 4. The fraction of sp³-hybridized carbons (Fsp3) is 0.167. The SMILES string of the molecule is C[C@@H](C(=O)OCc1cccc(Cl)c1)N1C(=O)c2ccccc2C1=O. The van der Waals surface area contributed by atoms with Crippen LogP contribution >= 0.6 is 11.6 Å². The number of imide groups is 1. The molecule has 0 saturated heterocycles. The minimum absolute atomic E-state index is 0.0207. The molecular formula is C18H14ClNO4. The van der Waals surface area contributed by atoms with Crippen LogP contribution in [0.5, 0.6) is 0 Å². The predicted octanol–water partition coefficient (Wildman–Crippen LogP) is 3.07. The monoisotopic (exact) mass is 343 g/mol. The van der Waals surface area contributed by atoms with Crippen molar-refractivity contribution in [1.29, 1.82) is 0 Å². The van der Waals surface area contributed by atoms with Gasteiger partial charge < -0.3 is 4.74 Å². The first-order valence-corrected chi connectivity index (χ1v) is 7.75. The highest BCUT2D eigenvalue weighted by Gasteiger charge is 2.41. The number of halogens is 1. The van der Waals surface area contributed by atoms with Crippen molar-refractivity contribution in [1.82, 2.24) is 4.90 Å². The number of benzene rings is 2. The lowest BCUT2D eigenvalue weighted by molar-refractivity contribution is -0.149. The van der Waals surface area contributed by atoms with E-state index in [2.05, 4.69) is 0 Å². The largest absolute Gasteiger partial charge is 0.459 e. The van der Waals surface area contributed by atoms with E-state index >= 15 is 0 Å². The Morgan fingerprint density at radius 2 is 1.71 bits per heavy atom. The molecule has 0 radical (unpaired) electrons. The van der Waals surface area contributed by atoms with Gasteiger partial charge in [0.2, 0.25) is 0 Å². The highest BCUT2D eigenvalue weighted by atomic mass is 35.5. The lowest BCUT2D eigenvalue weighted by Gasteiger charge is -2.20. The molecule has 2 aromatic carbocycles. The summed E-state index contributed by atoms with van der Waals surface area (Å²) in [6.07, 6.45) is 0. The number of carbonyl (C=O) groups excluding carboxylic acids is 3. The first-order chi connectivity index (χ1) is 11.5. The van der Waals surface area contributed by atoms with Gasteiger partial charge in [0.05, 0.1) is 11.1 Å². The number of carbonyl (C=O) groups is 3. The van der Waals surface area contributed by atoms with Gasteiger partial charge in [0.15, 0.2) is 0 Å². The van der Waals surface area contributed by atoms with Gasteiger partial charge in [0, 0.05) is 5.02 Å². The molecule has 5 nitrogen and oxygen atoms in total. The molecule has 6 heteroatoms. The van der Waals surface area contributed by atoms with Gasteiger partial charge in [-0.15, -0.1) is 0 Å². The Hall–Kier alpha value is -2.66. The summed E-state index contributed by atoms with van der Waals surface area (Å²) in [5, 5.41) is 0.539. The minimum Gasteiger partial charge on any atom is -0.459 e. The zero-order valence-electron chi connectivity index (χ0n) is 12.9. The van der Waals surface area contributed by atoms with Crippen LogP contribution in [0.2, 0.25) is 5.02 Å². The summed E-state index contributed by atoms with van der Waals surface area (Å²) >= 11 is 5.88. The molecule has 0 saturated carbocycles. The van der Waals surface area contributed by atoms with Crippen molar-refractivity contribution in [3.8, 4) is 0 Å². The number of amides is 2. The quantitative estimate of drug-likeness (QED) is 0.632. The maximum atomic E-state index is 12.4. The Morgan fingerprint density at radius 3 is 2.29 bits per heavy atom. The summed E-state index contributed by atoms with van der Waals surface area (Å²) < 4.78 is 5.21. The van der Waals surface area contributed by atoms with Crippen molar-refractivity contribution in [3.05, 3.63) is 70.2 Å². The van der Waals surface area contributed by atoms with E-state index in [1.807, 2.05) is 0 Å². The second-order valence-corrected chi connectivity index (χ2v) is 5.88. The molecule has 0 N–H and O–H groups in total. The average Bonchev–Trinajstić information content (AvgIpc) is 2.84. The normalized spacial score (nSPS) is 14.5. The lowest BCUT2D eigenvalue weighted by atomic mass is 10.1. The molecular weight excluding hydrogens is 330 g/mol. The van der Waals surface area contributed by atoms with Crippen molar-refractivity contribution in [2.75, 3.05) is 0 Å². The van der Waals surface area contributed by atoms with Crippen molar-refractivity contribution in [2.45, 2.75) is 19.6 Å². The summed E-state index contributed by atoms with van der Waals surface area (Å²) in [5.41, 5.74) is 1.33. The van der Waals surface area contributed by atoms with Crippen molar-refractivity contribution in [2.24, 2.45) is 0 Å². The van der Waals surface area contributed by atoms with Crippen molar-refractivity contribution >= 4 is 29.4 Å². The molecule has 122 valence electrons. The van der Waals surface area contributed by atoms with Crippen LogP contribution in [0.1, 0.15) is 33.2 Å². The average molecular weight is 344 g/mol. The molecule has 24 heavy (non-hydrogen) atoms. The van der Waals surface area contributed by atoms with Gasteiger partial charge in [-0.25, -0.2) is 4.79 Å². The van der Waals surface area contributed by atoms with E-state index < -0.39 is 23.8 Å². The van der Waals surface area contributed by atoms with Crippen LogP contribution in [0.25, 0.3) is 0 Å². The van der Waals surface area contributed by atoms with Crippen molar-refractivity contribution in [3.63, 3.8) is 0 Å². The molecule has 0 spiro atoms. The summed E-state index contributed by atoms with van der Waals surface area (Å²) in [4.78, 5) is 37.9. The fourth-order valence-electron chi connectivity index (χ4n) is 2.57. The molecule has 0 fully saturated rings. The molecule has 1 atom stereocenters. The van der Waals surface area contributed by atoms with Gasteiger partial charge >= 0.3 is 5.97 Å². The van der Waals surface area contributed by atoms with Gasteiger partial charge in [-0.3, -0.25) is 14.5 Å². The van der Waals surface area contributed by atoms with Crippen LogP contribution in [0.15, 0.2) is 48.5 Å². The third kappa shape index (κ3) is 2.90. The molecule has 0 aromatic heterocycles. The van der Waals surface area contributed by atoms with Gasteiger partial charge in [-0.2, -0.15) is 0 Å². The van der Waals surface area contributed by atoms with E-state index in [-0.39, 0.29) is 6.61 Å². The van der Waals surface area contributed by atoms with E-state index in [0.29, 0.717) is 16.1 Å². The van der Waals surface area contributed by atoms with Crippen LogP contribution < -0.4 is 0 Å². The molecule has 2 amide bonds. The third-order valence-corrected chi connectivity index (χ3v) is 4.06. The Kier molecular flexibility index (Phi) is 4.36. The summed E-state index contributed by atoms with van der Waals surface area (Å²) in [6, 6.07) is 12.4. The maximum Gasteiger partial charge on any atom is 0.329 e. The molecule has 1 heterocycles. The highest BCUT2D eigenvalue weighted by Crippen LogP contribution is 2.25. The molecule has 2 aromatic rings. The minimum atomic E-state index is -1.00. The van der Waals surface area contributed by atoms with Crippen molar-refractivity contribution < 1.29 is 19.1 Å². The first-order valence-electron chi connectivity index (χ1n) is 7.37. The Bertz CT molecular complexity index is 798. The Labute approximate surface area is 143 Å². The standard InChI is InChI=1S/C18H14ClNO4/c1-11(18(23)24-10-12-5-4-6-13(19)9-12)20-16(21)14-7-2-3-8-15(14)17(20)22/h2-9,11H,10H2,1H3/t11-/m0/s1. The summed E-state index contributed by atoms with van der Waals surface area (Å²) in [7, 11) is 0. The Morgan fingerprint density at radius 1 is 1.08 bits per heavy atom. The van der Waals surface area contributed by atoms with Crippen LogP contribution in [0.3, 0.4) is 0 Å². The highest BCUT2D eigenvalue weighted by molar-refractivity contribution is 6.30. The van der Waals surface area contributed by atoms with Crippen LogP contribution in [0.4, 0.5) is 0 Å². The number of esters is 1. The second-order valence-electron chi connectivity index (χ2n) is 5.44. The van der Waals surface area contributed by atoms with E-state index in [1.165, 1.54) is 6.92 Å². The molecule has 1 aliphatic rings. The molecule has 0 unspecified atom stereocenters. The number of rotatable bonds is 4. The van der Waals surface area contributed by atoms with Crippen LogP contribution in [-0.2, 0) is 16.1 Å². The zero-order chi connectivity index (χ0) is 17.3. The predicted molar refractivity (Wildman–Crippen MR) is 87.7 cm³/mol. The third-order valence-electron chi connectivity index (χ3n) is 3.82. The summed E-state index contributed by atoms with van der Waals surface area (Å²) in [6.45, 7) is 1.49.